The van der Waals surface area contributed by atoms with Gasteiger partial charge in [-0.25, -0.2) is 9.78 Å². The number of hydrogen-bond acceptors (Lipinski definition) is 5. The van der Waals surface area contributed by atoms with E-state index in [1.54, 1.807) is 4.90 Å². The summed E-state index contributed by atoms with van der Waals surface area (Å²) in [6, 6.07) is 5.88. The summed E-state index contributed by atoms with van der Waals surface area (Å²) in [6.45, 7) is 7.46. The van der Waals surface area contributed by atoms with Crippen LogP contribution in [0.3, 0.4) is 0 Å². The van der Waals surface area contributed by atoms with Crippen LogP contribution in [-0.2, 0) is 4.79 Å². The van der Waals surface area contributed by atoms with Crippen LogP contribution in [0.4, 0.5) is 10.5 Å². The van der Waals surface area contributed by atoms with Gasteiger partial charge < -0.3 is 10.2 Å². The molecule has 1 aliphatic rings. The fraction of sp³-hybridized carbons (Fsp3) is 0.550. The molecule has 3 rings (SSSR count). The van der Waals surface area contributed by atoms with Gasteiger partial charge in [-0.2, -0.15) is 0 Å². The second kappa shape index (κ2) is 9.13. The lowest BCUT2D eigenvalue weighted by atomic mass is 10.0. The Hall–Kier alpha value is -1.80. The summed E-state index contributed by atoms with van der Waals surface area (Å²) in [6.07, 6.45) is 3.07. The lowest BCUT2D eigenvalue weighted by Crippen LogP contribution is -2.51. The van der Waals surface area contributed by atoms with Gasteiger partial charge >= 0.3 is 6.03 Å². The van der Waals surface area contributed by atoms with Crippen LogP contribution in [0.5, 0.6) is 0 Å². The molecule has 0 atom stereocenters. The molecular formula is C20H28N4O2S2. The zero-order valence-corrected chi connectivity index (χ0v) is 18.4. The molecule has 0 radical (unpaired) electrons. The molecule has 1 saturated heterocycles. The zero-order chi connectivity index (χ0) is 20.3. The lowest BCUT2D eigenvalue weighted by Gasteiger charge is -2.35. The fourth-order valence-corrected chi connectivity index (χ4v) is 4.73. The number of carbonyl (C=O) groups is 2. The Bertz CT molecular complexity index is 844. The number of aromatic nitrogens is 1. The summed E-state index contributed by atoms with van der Waals surface area (Å²) in [7, 11) is 0. The lowest BCUT2D eigenvalue weighted by molar-refractivity contribution is -0.132. The molecule has 1 N–H and O–H groups in total. The topological polar surface area (TPSA) is 65.5 Å². The zero-order valence-electron chi connectivity index (χ0n) is 16.6. The number of likely N-dealkylation sites (tertiary alicyclic amines) is 1. The highest BCUT2D eigenvalue weighted by atomic mass is 32.2. The Labute approximate surface area is 175 Å². The number of carbonyl (C=O) groups excluding carboxylic acids is 2. The molecule has 0 bridgehead atoms. The maximum absolute atomic E-state index is 13.0. The Kier molecular flexibility index (Phi) is 6.82. The van der Waals surface area contributed by atoms with Crippen LogP contribution in [-0.4, -0.2) is 47.0 Å². The van der Waals surface area contributed by atoms with Crippen LogP contribution in [0.1, 0.15) is 46.5 Å². The van der Waals surface area contributed by atoms with Crippen molar-refractivity contribution < 1.29 is 9.59 Å². The summed E-state index contributed by atoms with van der Waals surface area (Å²) >= 11 is 5.83. The third-order valence-electron chi connectivity index (χ3n) is 5.01. The normalized spacial score (nSPS) is 15.2. The van der Waals surface area contributed by atoms with Gasteiger partial charge in [-0.1, -0.05) is 6.92 Å². The van der Waals surface area contributed by atoms with E-state index >= 15 is 0 Å². The molecule has 152 valence electrons. The van der Waals surface area contributed by atoms with Crippen LogP contribution in [0.25, 0.3) is 10.2 Å². The monoisotopic (exact) mass is 420 g/mol. The second-order valence-electron chi connectivity index (χ2n) is 7.47. The smallest absolute Gasteiger partial charge is 0.322 e. The molecule has 1 aliphatic heterocycles. The number of nitrogens with zero attached hydrogens (tertiary/aromatic N) is 3. The number of amides is 3. The van der Waals surface area contributed by atoms with Crippen molar-refractivity contribution in [3.8, 4) is 0 Å². The molecule has 0 saturated carbocycles. The van der Waals surface area contributed by atoms with Crippen LogP contribution in [0.15, 0.2) is 22.5 Å². The number of urea groups is 1. The van der Waals surface area contributed by atoms with Gasteiger partial charge in [0.2, 0.25) is 5.91 Å². The minimum Gasteiger partial charge on any atom is -0.343 e. The van der Waals surface area contributed by atoms with E-state index in [4.69, 9.17) is 0 Å². The molecule has 1 fully saturated rings. The number of fused-ring (bicyclic) bond motifs is 1. The SMILES string of the molecule is CCCC(=O)N1CCC(NC(=O)N(c2ccc3nc(S)sc3c2)C(C)C)CC1. The summed E-state index contributed by atoms with van der Waals surface area (Å²) in [5.41, 5.74) is 1.75. The molecule has 2 heterocycles. The van der Waals surface area contributed by atoms with Crippen molar-refractivity contribution in [3.63, 3.8) is 0 Å². The largest absolute Gasteiger partial charge is 0.343 e. The highest BCUT2D eigenvalue weighted by molar-refractivity contribution is 7.82. The first kappa shape index (κ1) is 20.9. The predicted molar refractivity (Wildman–Crippen MR) is 118 cm³/mol. The Balaban J connectivity index is 1.66. The average Bonchev–Trinajstić information content (AvgIpc) is 3.01. The highest BCUT2D eigenvalue weighted by Gasteiger charge is 2.26. The van der Waals surface area contributed by atoms with E-state index < -0.39 is 0 Å². The number of nitrogens with one attached hydrogen (secondary N) is 1. The van der Waals surface area contributed by atoms with E-state index in [2.05, 4.69) is 22.9 Å². The van der Waals surface area contributed by atoms with E-state index in [9.17, 15) is 9.59 Å². The molecule has 8 heteroatoms. The molecule has 0 unspecified atom stereocenters. The molecule has 3 amide bonds. The van der Waals surface area contributed by atoms with Crippen molar-refractivity contribution in [2.75, 3.05) is 18.0 Å². The van der Waals surface area contributed by atoms with Crippen molar-refractivity contribution >= 4 is 51.8 Å². The van der Waals surface area contributed by atoms with E-state index in [0.717, 1.165) is 39.5 Å². The first-order chi connectivity index (χ1) is 13.4. The average molecular weight is 421 g/mol. The van der Waals surface area contributed by atoms with Crippen molar-refractivity contribution in [1.82, 2.24) is 15.2 Å². The molecule has 1 aromatic heterocycles. The van der Waals surface area contributed by atoms with Crippen molar-refractivity contribution in [2.45, 2.75) is 62.9 Å². The third kappa shape index (κ3) is 4.78. The minimum absolute atomic E-state index is 0.0204. The highest BCUT2D eigenvalue weighted by Crippen LogP contribution is 2.29. The Morgan fingerprint density at radius 1 is 1.36 bits per heavy atom. The van der Waals surface area contributed by atoms with Crippen LogP contribution in [0, 0.1) is 0 Å². The van der Waals surface area contributed by atoms with Crippen molar-refractivity contribution in [2.24, 2.45) is 0 Å². The first-order valence-electron chi connectivity index (χ1n) is 9.86. The predicted octanol–water partition coefficient (Wildman–Crippen LogP) is 4.30. The quantitative estimate of drug-likeness (QED) is 0.709. The van der Waals surface area contributed by atoms with E-state index in [1.807, 2.05) is 43.9 Å². The minimum atomic E-state index is -0.0942. The molecule has 28 heavy (non-hydrogen) atoms. The van der Waals surface area contributed by atoms with E-state index in [-0.39, 0.29) is 24.0 Å². The summed E-state index contributed by atoms with van der Waals surface area (Å²) in [5, 5.41) is 3.17. The number of hydrogen-bond donors (Lipinski definition) is 2. The second-order valence-corrected chi connectivity index (χ2v) is 9.22. The maximum atomic E-state index is 13.0. The Morgan fingerprint density at radius 2 is 2.07 bits per heavy atom. The van der Waals surface area contributed by atoms with Gasteiger partial charge in [-0.05, 0) is 51.3 Å². The van der Waals surface area contributed by atoms with Gasteiger partial charge in [0.1, 0.15) is 4.34 Å². The molecule has 0 spiro atoms. The molecule has 0 aliphatic carbocycles. The van der Waals surface area contributed by atoms with Gasteiger partial charge in [0, 0.05) is 37.3 Å². The number of piperidine rings is 1. The number of anilines is 1. The number of thiazole rings is 1. The van der Waals surface area contributed by atoms with Crippen LogP contribution < -0.4 is 10.2 Å². The van der Waals surface area contributed by atoms with E-state index in [1.165, 1.54) is 11.3 Å². The van der Waals surface area contributed by atoms with Gasteiger partial charge in [0.05, 0.1) is 10.2 Å². The third-order valence-corrected chi connectivity index (χ3v) is 6.21. The maximum Gasteiger partial charge on any atom is 0.322 e. The molecular weight excluding hydrogens is 392 g/mol. The van der Waals surface area contributed by atoms with Crippen molar-refractivity contribution in [3.05, 3.63) is 18.2 Å². The van der Waals surface area contributed by atoms with E-state index in [0.29, 0.717) is 19.5 Å². The van der Waals surface area contributed by atoms with Gasteiger partial charge in [0.25, 0.3) is 0 Å². The number of rotatable bonds is 5. The fourth-order valence-electron chi connectivity index (χ4n) is 3.59. The van der Waals surface area contributed by atoms with Gasteiger partial charge in [-0.15, -0.1) is 24.0 Å². The summed E-state index contributed by atoms with van der Waals surface area (Å²) in [4.78, 5) is 33.1. The number of benzene rings is 1. The summed E-state index contributed by atoms with van der Waals surface area (Å²) in [5.74, 6) is 0.220. The molecule has 6 nitrogen and oxygen atoms in total. The Morgan fingerprint density at radius 3 is 2.71 bits per heavy atom. The molecule has 2 aromatic rings. The van der Waals surface area contributed by atoms with Gasteiger partial charge in [0.15, 0.2) is 0 Å². The summed E-state index contributed by atoms with van der Waals surface area (Å²) < 4.78 is 1.74. The molecule has 1 aromatic carbocycles. The van der Waals surface area contributed by atoms with Crippen molar-refractivity contribution in [1.29, 1.82) is 0 Å². The first-order valence-corrected chi connectivity index (χ1v) is 11.1. The van der Waals surface area contributed by atoms with Crippen LogP contribution >= 0.6 is 24.0 Å². The van der Waals surface area contributed by atoms with Gasteiger partial charge in [-0.3, -0.25) is 9.69 Å². The van der Waals surface area contributed by atoms with Crippen LogP contribution in [0.2, 0.25) is 0 Å². The number of thiol groups is 1. The standard InChI is InChI=1S/C20H28N4O2S2/c1-4-5-18(25)23-10-8-14(9-11-23)21-19(26)24(13(2)3)15-6-7-16-17(12-15)28-20(27)22-16/h6-7,12-14H,4-5,8-11H2,1-3H3,(H,21,26)(H,22,27).